The largest absolute Gasteiger partial charge is 0.368 e. The van der Waals surface area contributed by atoms with Crippen molar-refractivity contribution in [1.82, 2.24) is 0 Å². The summed E-state index contributed by atoms with van der Waals surface area (Å²) in [7, 11) is 0. The van der Waals surface area contributed by atoms with Gasteiger partial charge in [-0.1, -0.05) is 54.6 Å². The molecule has 0 radical (unpaired) electrons. The van der Waals surface area contributed by atoms with E-state index in [1.165, 1.54) is 11.1 Å². The van der Waals surface area contributed by atoms with Crippen LogP contribution in [-0.2, 0) is 11.2 Å². The molecule has 19 heavy (non-hydrogen) atoms. The summed E-state index contributed by atoms with van der Waals surface area (Å²) in [6.45, 7) is 0. The highest BCUT2D eigenvalue weighted by Gasteiger charge is 2.10. The number of carbonyl (C=O) groups excluding carboxylic acids is 1. The molecule has 0 saturated carbocycles. The van der Waals surface area contributed by atoms with Gasteiger partial charge in [0.25, 0.3) is 0 Å². The lowest BCUT2D eigenvalue weighted by molar-refractivity contribution is -0.117. The molecule has 1 amide bonds. The van der Waals surface area contributed by atoms with Gasteiger partial charge in [-0.2, -0.15) is 0 Å². The summed E-state index contributed by atoms with van der Waals surface area (Å²) < 4.78 is 0. The van der Waals surface area contributed by atoms with Crippen molar-refractivity contribution in [2.75, 3.05) is 0 Å². The number of aryl methyl sites for hydroxylation is 1. The van der Waals surface area contributed by atoms with Crippen LogP contribution in [0, 0.1) is 0 Å². The highest BCUT2D eigenvalue weighted by atomic mass is 35.5. The minimum atomic E-state index is -0.589. The van der Waals surface area contributed by atoms with Crippen LogP contribution >= 0.6 is 11.6 Å². The van der Waals surface area contributed by atoms with Crippen LogP contribution in [-0.4, -0.2) is 11.3 Å². The second-order valence-corrected chi connectivity index (χ2v) is 5.00. The molecule has 3 heteroatoms. The Labute approximate surface area is 118 Å². The molecule has 2 aromatic rings. The summed E-state index contributed by atoms with van der Waals surface area (Å²) in [5.41, 5.74) is 8.67. The summed E-state index contributed by atoms with van der Waals surface area (Å²) in [5.74, 6) is -0.456. The van der Waals surface area contributed by atoms with Gasteiger partial charge in [0.15, 0.2) is 0 Å². The van der Waals surface area contributed by atoms with E-state index in [4.69, 9.17) is 17.3 Å². The van der Waals surface area contributed by atoms with E-state index in [2.05, 4.69) is 36.4 Å². The Morgan fingerprint density at radius 2 is 1.58 bits per heavy atom. The maximum atomic E-state index is 10.8. The monoisotopic (exact) mass is 273 g/mol. The molecule has 0 aliphatic carbocycles. The summed E-state index contributed by atoms with van der Waals surface area (Å²) in [6.07, 6.45) is 1.33. The van der Waals surface area contributed by atoms with Crippen LogP contribution < -0.4 is 5.73 Å². The van der Waals surface area contributed by atoms with Gasteiger partial charge in [0, 0.05) is 0 Å². The van der Waals surface area contributed by atoms with Gasteiger partial charge in [-0.25, -0.2) is 0 Å². The van der Waals surface area contributed by atoms with Crippen LogP contribution in [0.3, 0.4) is 0 Å². The number of nitrogens with two attached hydrogens (primary N) is 1. The SMILES string of the molecule is NC(=O)C(Cl)CCc1ccc(-c2ccccc2)cc1. The first-order valence-corrected chi connectivity index (χ1v) is 6.68. The van der Waals surface area contributed by atoms with Gasteiger partial charge in [0.05, 0.1) is 0 Å². The molecule has 0 saturated heterocycles. The van der Waals surface area contributed by atoms with E-state index in [1.807, 2.05) is 18.2 Å². The Balaban J connectivity index is 2.01. The number of primary amides is 1. The third-order valence-corrected chi connectivity index (χ3v) is 3.49. The fourth-order valence-corrected chi connectivity index (χ4v) is 2.04. The molecule has 0 aliphatic heterocycles. The van der Waals surface area contributed by atoms with Gasteiger partial charge < -0.3 is 5.73 Å². The third kappa shape index (κ3) is 3.83. The smallest absolute Gasteiger partial charge is 0.235 e. The Kier molecular flexibility index (Phi) is 4.58. The first-order valence-electron chi connectivity index (χ1n) is 6.24. The number of hydrogen-bond donors (Lipinski definition) is 1. The lowest BCUT2D eigenvalue weighted by Crippen LogP contribution is -2.23. The second-order valence-electron chi connectivity index (χ2n) is 4.47. The number of rotatable bonds is 5. The molecule has 1 atom stereocenters. The minimum absolute atomic E-state index is 0.456. The van der Waals surface area contributed by atoms with Crippen molar-refractivity contribution in [2.45, 2.75) is 18.2 Å². The molecule has 2 rings (SSSR count). The first kappa shape index (κ1) is 13.6. The van der Waals surface area contributed by atoms with Crippen LogP contribution in [0.4, 0.5) is 0 Å². The van der Waals surface area contributed by atoms with E-state index in [0.29, 0.717) is 6.42 Å². The number of halogens is 1. The van der Waals surface area contributed by atoms with Crippen molar-refractivity contribution in [3.8, 4) is 11.1 Å². The van der Waals surface area contributed by atoms with E-state index in [9.17, 15) is 4.79 Å². The average molecular weight is 274 g/mol. The van der Waals surface area contributed by atoms with Gasteiger partial charge in [-0.15, -0.1) is 11.6 Å². The maximum absolute atomic E-state index is 10.8. The van der Waals surface area contributed by atoms with Crippen LogP contribution in [0.1, 0.15) is 12.0 Å². The van der Waals surface area contributed by atoms with E-state index in [1.54, 1.807) is 0 Å². The van der Waals surface area contributed by atoms with Crippen LogP contribution in [0.15, 0.2) is 54.6 Å². The number of hydrogen-bond acceptors (Lipinski definition) is 1. The Bertz CT molecular complexity index is 536. The standard InChI is InChI=1S/C16H16ClNO/c17-15(16(18)19)11-8-12-6-9-14(10-7-12)13-4-2-1-3-5-13/h1-7,9-10,15H,8,11H2,(H2,18,19). The molecule has 1 unspecified atom stereocenters. The molecule has 2 aromatic carbocycles. The maximum Gasteiger partial charge on any atom is 0.235 e. The molecule has 0 aliphatic rings. The summed E-state index contributed by atoms with van der Waals surface area (Å²) >= 11 is 5.82. The highest BCUT2D eigenvalue weighted by molar-refractivity contribution is 6.30. The van der Waals surface area contributed by atoms with Crippen molar-refractivity contribution >= 4 is 17.5 Å². The third-order valence-electron chi connectivity index (χ3n) is 3.06. The molecular weight excluding hydrogens is 258 g/mol. The summed E-state index contributed by atoms with van der Waals surface area (Å²) in [5, 5.41) is -0.589. The van der Waals surface area contributed by atoms with Gasteiger partial charge >= 0.3 is 0 Å². The fraction of sp³-hybridized carbons (Fsp3) is 0.188. The van der Waals surface area contributed by atoms with Crippen molar-refractivity contribution in [3.05, 3.63) is 60.2 Å². The van der Waals surface area contributed by atoms with Crippen molar-refractivity contribution in [3.63, 3.8) is 0 Å². The minimum Gasteiger partial charge on any atom is -0.368 e. The number of carbonyl (C=O) groups is 1. The lowest BCUT2D eigenvalue weighted by Gasteiger charge is -2.06. The van der Waals surface area contributed by atoms with Crippen molar-refractivity contribution in [1.29, 1.82) is 0 Å². The Hall–Kier alpha value is -1.80. The average Bonchev–Trinajstić information content (AvgIpc) is 2.46. The highest BCUT2D eigenvalue weighted by Crippen LogP contribution is 2.20. The summed E-state index contributed by atoms with van der Waals surface area (Å²) in [6, 6.07) is 18.5. The van der Waals surface area contributed by atoms with Crippen LogP contribution in [0.25, 0.3) is 11.1 Å². The van der Waals surface area contributed by atoms with Gasteiger partial charge in [-0.05, 0) is 29.5 Å². The predicted molar refractivity (Wildman–Crippen MR) is 79.0 cm³/mol. The molecule has 0 spiro atoms. The van der Waals surface area contributed by atoms with Crippen molar-refractivity contribution in [2.24, 2.45) is 5.73 Å². The molecule has 0 aromatic heterocycles. The molecule has 2 nitrogen and oxygen atoms in total. The Morgan fingerprint density at radius 1 is 1.00 bits per heavy atom. The summed E-state index contributed by atoms with van der Waals surface area (Å²) in [4.78, 5) is 10.8. The van der Waals surface area contributed by atoms with Gasteiger partial charge in [-0.3, -0.25) is 4.79 Å². The number of amides is 1. The number of benzene rings is 2. The first-order chi connectivity index (χ1) is 9.16. The normalized spacial score (nSPS) is 12.1. The molecule has 98 valence electrons. The lowest BCUT2D eigenvalue weighted by atomic mass is 10.0. The van der Waals surface area contributed by atoms with Crippen LogP contribution in [0.5, 0.6) is 0 Å². The van der Waals surface area contributed by atoms with E-state index in [-0.39, 0.29) is 0 Å². The zero-order chi connectivity index (χ0) is 13.7. The zero-order valence-electron chi connectivity index (χ0n) is 10.6. The molecule has 2 N–H and O–H groups in total. The predicted octanol–water partition coefficient (Wildman–Crippen LogP) is 3.38. The topological polar surface area (TPSA) is 43.1 Å². The second kappa shape index (κ2) is 6.39. The van der Waals surface area contributed by atoms with E-state index >= 15 is 0 Å². The number of alkyl halides is 1. The Morgan fingerprint density at radius 3 is 2.16 bits per heavy atom. The van der Waals surface area contributed by atoms with Crippen molar-refractivity contribution < 1.29 is 4.79 Å². The van der Waals surface area contributed by atoms with E-state index in [0.717, 1.165) is 12.0 Å². The zero-order valence-corrected chi connectivity index (χ0v) is 11.3. The molecule has 0 fully saturated rings. The molecule has 0 bridgehead atoms. The quantitative estimate of drug-likeness (QED) is 0.834. The van der Waals surface area contributed by atoms with Gasteiger partial charge in [0.1, 0.15) is 5.38 Å². The van der Waals surface area contributed by atoms with E-state index < -0.39 is 11.3 Å². The molecular formula is C16H16ClNO. The fourth-order valence-electron chi connectivity index (χ4n) is 1.93. The molecule has 0 heterocycles. The van der Waals surface area contributed by atoms with Gasteiger partial charge in [0.2, 0.25) is 5.91 Å². The van der Waals surface area contributed by atoms with Crippen LogP contribution in [0.2, 0.25) is 0 Å².